The van der Waals surface area contributed by atoms with Crippen molar-refractivity contribution in [2.75, 3.05) is 6.61 Å². The summed E-state index contributed by atoms with van der Waals surface area (Å²) < 4.78 is 4.95. The SMILES string of the molecule is CC(C)OC(=O)NC(CCO)C(C)C. The monoisotopic (exact) mass is 203 g/mol. The predicted molar refractivity (Wildman–Crippen MR) is 55.1 cm³/mol. The summed E-state index contributed by atoms with van der Waals surface area (Å²) in [6, 6.07) is -0.0220. The molecular formula is C10H21NO3. The largest absolute Gasteiger partial charge is 0.447 e. The van der Waals surface area contributed by atoms with Gasteiger partial charge in [0.15, 0.2) is 0 Å². The first kappa shape index (κ1) is 13.2. The second kappa shape index (κ2) is 6.65. The maximum absolute atomic E-state index is 11.2. The maximum atomic E-state index is 11.2. The Labute approximate surface area is 85.6 Å². The Kier molecular flexibility index (Phi) is 6.28. The average Bonchev–Trinajstić information content (AvgIpc) is 2.01. The van der Waals surface area contributed by atoms with Crippen LogP contribution >= 0.6 is 0 Å². The quantitative estimate of drug-likeness (QED) is 0.712. The molecule has 1 unspecified atom stereocenters. The molecule has 0 spiro atoms. The van der Waals surface area contributed by atoms with E-state index in [-0.39, 0.29) is 18.8 Å². The lowest BCUT2D eigenvalue weighted by Gasteiger charge is -2.21. The first-order chi connectivity index (χ1) is 6.47. The van der Waals surface area contributed by atoms with Gasteiger partial charge in [-0.1, -0.05) is 13.8 Å². The van der Waals surface area contributed by atoms with Gasteiger partial charge in [-0.05, 0) is 26.2 Å². The molecule has 4 nitrogen and oxygen atoms in total. The number of rotatable bonds is 5. The zero-order valence-corrected chi connectivity index (χ0v) is 9.41. The number of ether oxygens (including phenoxy) is 1. The number of carbonyl (C=O) groups is 1. The molecule has 0 saturated carbocycles. The van der Waals surface area contributed by atoms with Crippen LogP contribution in [0, 0.1) is 5.92 Å². The lowest BCUT2D eigenvalue weighted by Crippen LogP contribution is -2.40. The van der Waals surface area contributed by atoms with Gasteiger partial charge < -0.3 is 15.2 Å². The summed E-state index contributed by atoms with van der Waals surface area (Å²) >= 11 is 0. The lowest BCUT2D eigenvalue weighted by atomic mass is 10.0. The van der Waals surface area contributed by atoms with Crippen LogP contribution in [0.5, 0.6) is 0 Å². The molecule has 0 aliphatic heterocycles. The van der Waals surface area contributed by atoms with Gasteiger partial charge in [0.25, 0.3) is 0 Å². The van der Waals surface area contributed by atoms with E-state index < -0.39 is 6.09 Å². The van der Waals surface area contributed by atoms with E-state index in [2.05, 4.69) is 5.32 Å². The third-order valence-electron chi connectivity index (χ3n) is 1.89. The molecule has 0 aliphatic carbocycles. The number of aliphatic hydroxyl groups is 1. The molecule has 0 heterocycles. The van der Waals surface area contributed by atoms with E-state index in [0.717, 1.165) is 0 Å². The summed E-state index contributed by atoms with van der Waals surface area (Å²) in [5, 5.41) is 11.5. The topological polar surface area (TPSA) is 58.6 Å². The summed E-state index contributed by atoms with van der Waals surface area (Å²) in [7, 11) is 0. The highest BCUT2D eigenvalue weighted by atomic mass is 16.6. The van der Waals surface area contributed by atoms with E-state index >= 15 is 0 Å². The van der Waals surface area contributed by atoms with Crippen LogP contribution in [0.1, 0.15) is 34.1 Å². The first-order valence-electron chi connectivity index (χ1n) is 5.05. The van der Waals surface area contributed by atoms with Crippen LogP contribution in [-0.4, -0.2) is 30.0 Å². The summed E-state index contributed by atoms with van der Waals surface area (Å²) in [4.78, 5) is 11.2. The fourth-order valence-electron chi connectivity index (χ4n) is 1.11. The van der Waals surface area contributed by atoms with Crippen LogP contribution in [0.3, 0.4) is 0 Å². The molecule has 0 aliphatic rings. The number of hydrogen-bond donors (Lipinski definition) is 2. The van der Waals surface area contributed by atoms with Crippen LogP contribution in [0.4, 0.5) is 4.79 Å². The van der Waals surface area contributed by atoms with Crippen LogP contribution in [0.25, 0.3) is 0 Å². The number of nitrogens with one attached hydrogen (secondary N) is 1. The molecule has 14 heavy (non-hydrogen) atoms. The van der Waals surface area contributed by atoms with Crippen LogP contribution in [-0.2, 0) is 4.74 Å². The molecule has 0 saturated heterocycles. The van der Waals surface area contributed by atoms with Crippen molar-refractivity contribution in [3.05, 3.63) is 0 Å². The fraction of sp³-hybridized carbons (Fsp3) is 0.900. The number of hydrogen-bond acceptors (Lipinski definition) is 3. The lowest BCUT2D eigenvalue weighted by molar-refractivity contribution is 0.107. The standard InChI is InChI=1S/C10H21NO3/c1-7(2)9(5-6-12)11-10(13)14-8(3)4/h7-9,12H,5-6H2,1-4H3,(H,11,13). The summed E-state index contributed by atoms with van der Waals surface area (Å²) in [5.74, 6) is 0.293. The van der Waals surface area contributed by atoms with Crippen LogP contribution < -0.4 is 5.32 Å². The molecule has 2 N–H and O–H groups in total. The van der Waals surface area contributed by atoms with Gasteiger partial charge in [0, 0.05) is 12.6 Å². The van der Waals surface area contributed by atoms with Crippen LogP contribution in [0.2, 0.25) is 0 Å². The predicted octanol–water partition coefficient (Wildman–Crippen LogP) is 1.53. The van der Waals surface area contributed by atoms with E-state index in [9.17, 15) is 4.79 Å². The van der Waals surface area contributed by atoms with Crippen molar-refractivity contribution in [3.63, 3.8) is 0 Å². The minimum atomic E-state index is -0.410. The summed E-state index contributed by atoms with van der Waals surface area (Å²) in [5.41, 5.74) is 0. The molecule has 0 fully saturated rings. The van der Waals surface area contributed by atoms with Gasteiger partial charge in [0.1, 0.15) is 0 Å². The third kappa shape index (κ3) is 5.80. The van der Waals surface area contributed by atoms with Gasteiger partial charge in [-0.15, -0.1) is 0 Å². The Morgan fingerprint density at radius 2 is 1.93 bits per heavy atom. The van der Waals surface area contributed by atoms with E-state index in [4.69, 9.17) is 9.84 Å². The van der Waals surface area contributed by atoms with Crippen LogP contribution in [0.15, 0.2) is 0 Å². The van der Waals surface area contributed by atoms with Gasteiger partial charge in [-0.2, -0.15) is 0 Å². The molecule has 0 aromatic rings. The molecular weight excluding hydrogens is 182 g/mol. The molecule has 0 aromatic carbocycles. The second-order valence-corrected chi connectivity index (χ2v) is 3.96. The summed E-state index contributed by atoms with van der Waals surface area (Å²) in [6.45, 7) is 7.67. The highest BCUT2D eigenvalue weighted by Gasteiger charge is 2.16. The molecule has 0 bridgehead atoms. The maximum Gasteiger partial charge on any atom is 0.407 e. The molecule has 1 atom stereocenters. The number of alkyl carbamates (subject to hydrolysis) is 1. The minimum absolute atomic E-state index is 0.0220. The van der Waals surface area contributed by atoms with E-state index in [1.54, 1.807) is 13.8 Å². The van der Waals surface area contributed by atoms with Gasteiger partial charge >= 0.3 is 6.09 Å². The highest BCUT2D eigenvalue weighted by Crippen LogP contribution is 2.06. The second-order valence-electron chi connectivity index (χ2n) is 3.96. The number of amides is 1. The molecule has 0 radical (unpaired) electrons. The Morgan fingerprint density at radius 1 is 1.36 bits per heavy atom. The molecule has 0 aromatic heterocycles. The van der Waals surface area contributed by atoms with E-state index in [1.807, 2.05) is 13.8 Å². The molecule has 1 amide bonds. The first-order valence-corrected chi connectivity index (χ1v) is 5.05. The Morgan fingerprint density at radius 3 is 2.29 bits per heavy atom. The van der Waals surface area contributed by atoms with Gasteiger partial charge in [-0.25, -0.2) is 4.79 Å². The molecule has 4 heteroatoms. The van der Waals surface area contributed by atoms with Crippen molar-refractivity contribution >= 4 is 6.09 Å². The Balaban J connectivity index is 3.96. The van der Waals surface area contributed by atoms with E-state index in [0.29, 0.717) is 12.3 Å². The zero-order chi connectivity index (χ0) is 11.1. The van der Waals surface area contributed by atoms with Crippen molar-refractivity contribution in [1.82, 2.24) is 5.32 Å². The highest BCUT2D eigenvalue weighted by molar-refractivity contribution is 5.67. The van der Waals surface area contributed by atoms with Gasteiger partial charge in [0.05, 0.1) is 6.10 Å². The van der Waals surface area contributed by atoms with Crippen molar-refractivity contribution in [2.45, 2.75) is 46.3 Å². The average molecular weight is 203 g/mol. The van der Waals surface area contributed by atoms with Crippen molar-refractivity contribution < 1.29 is 14.6 Å². The molecule has 0 rings (SSSR count). The van der Waals surface area contributed by atoms with Gasteiger partial charge in [0.2, 0.25) is 0 Å². The summed E-state index contributed by atoms with van der Waals surface area (Å²) in [6.07, 6.45) is 0.0364. The smallest absolute Gasteiger partial charge is 0.407 e. The molecule has 84 valence electrons. The number of aliphatic hydroxyl groups excluding tert-OH is 1. The minimum Gasteiger partial charge on any atom is -0.447 e. The van der Waals surface area contributed by atoms with E-state index in [1.165, 1.54) is 0 Å². The van der Waals surface area contributed by atoms with Gasteiger partial charge in [-0.3, -0.25) is 0 Å². The number of carbonyl (C=O) groups excluding carboxylic acids is 1. The Hall–Kier alpha value is -0.770. The zero-order valence-electron chi connectivity index (χ0n) is 9.41. The van der Waals surface area contributed by atoms with Crippen molar-refractivity contribution in [1.29, 1.82) is 0 Å². The third-order valence-corrected chi connectivity index (χ3v) is 1.89. The van der Waals surface area contributed by atoms with Crippen molar-refractivity contribution in [3.8, 4) is 0 Å². The van der Waals surface area contributed by atoms with Crippen molar-refractivity contribution in [2.24, 2.45) is 5.92 Å². The Bertz CT molecular complexity index is 169. The fourth-order valence-corrected chi connectivity index (χ4v) is 1.11. The normalized spacial score (nSPS) is 13.1.